The highest BCUT2D eigenvalue weighted by atomic mass is 79.9. The van der Waals surface area contributed by atoms with Crippen molar-refractivity contribution in [2.45, 2.75) is 12.8 Å². The number of hydrogen-bond acceptors (Lipinski definition) is 2. The standard InChI is InChI=1S/C13H15N2S.BrH/c1-10-9-14(2)11-5-3-4-6-12(11)15-7-8-16-13(10)15;/h3-8,10H,9H2,1-2H3;1H/q+1;/p-1. The molecule has 1 unspecified atom stereocenters. The van der Waals surface area contributed by atoms with Gasteiger partial charge >= 0.3 is 0 Å². The SMILES string of the molecule is CC1CN(C)c2ccccc2-[n+]2ccsc21.[Br-]. The van der Waals surface area contributed by atoms with Gasteiger partial charge in [-0.1, -0.05) is 23.5 Å². The Balaban J connectivity index is 0.00000108. The Morgan fingerprint density at radius 3 is 2.94 bits per heavy atom. The summed E-state index contributed by atoms with van der Waals surface area (Å²) in [5.74, 6) is 0.581. The van der Waals surface area contributed by atoms with E-state index in [1.54, 1.807) is 0 Å². The average molecular weight is 311 g/mol. The molecule has 1 aromatic heterocycles. The van der Waals surface area contributed by atoms with E-state index in [1.165, 1.54) is 16.4 Å². The minimum absolute atomic E-state index is 0. The lowest BCUT2D eigenvalue weighted by atomic mass is 10.2. The van der Waals surface area contributed by atoms with E-state index >= 15 is 0 Å². The third-order valence-corrected chi connectivity index (χ3v) is 4.26. The Morgan fingerprint density at radius 1 is 1.35 bits per heavy atom. The van der Waals surface area contributed by atoms with Crippen LogP contribution in [0, 0.1) is 0 Å². The van der Waals surface area contributed by atoms with Gasteiger partial charge in [-0.25, -0.2) is 0 Å². The lowest BCUT2D eigenvalue weighted by Crippen LogP contribution is -3.00. The number of hydrogen-bond donors (Lipinski definition) is 0. The third-order valence-electron chi connectivity index (χ3n) is 3.16. The van der Waals surface area contributed by atoms with Crippen LogP contribution >= 0.6 is 11.3 Å². The van der Waals surface area contributed by atoms with Crippen LogP contribution < -0.4 is 26.4 Å². The summed E-state index contributed by atoms with van der Waals surface area (Å²) in [5.41, 5.74) is 2.61. The van der Waals surface area contributed by atoms with Crippen LogP contribution in [-0.2, 0) is 0 Å². The molecular weight excluding hydrogens is 296 g/mol. The summed E-state index contributed by atoms with van der Waals surface area (Å²) in [6.45, 7) is 3.38. The van der Waals surface area contributed by atoms with Crippen molar-refractivity contribution in [1.82, 2.24) is 0 Å². The Morgan fingerprint density at radius 2 is 2.12 bits per heavy atom. The van der Waals surface area contributed by atoms with Gasteiger partial charge in [0.15, 0.2) is 6.20 Å². The molecule has 90 valence electrons. The molecular formula is C13H15BrN2S. The van der Waals surface area contributed by atoms with Gasteiger partial charge in [0.2, 0.25) is 10.7 Å². The van der Waals surface area contributed by atoms with E-state index in [0.29, 0.717) is 5.92 Å². The number of benzene rings is 1. The molecule has 1 atom stereocenters. The summed E-state index contributed by atoms with van der Waals surface area (Å²) in [6, 6.07) is 8.61. The summed E-state index contributed by atoms with van der Waals surface area (Å²) >= 11 is 1.85. The van der Waals surface area contributed by atoms with Crippen LogP contribution in [0.1, 0.15) is 17.8 Å². The normalized spacial score (nSPS) is 17.8. The maximum absolute atomic E-state index is 2.35. The second-order valence-electron chi connectivity index (χ2n) is 4.38. The van der Waals surface area contributed by atoms with Gasteiger partial charge in [-0.05, 0) is 13.0 Å². The molecule has 0 bridgehead atoms. The van der Waals surface area contributed by atoms with Crippen molar-refractivity contribution in [3.63, 3.8) is 0 Å². The van der Waals surface area contributed by atoms with Crippen molar-refractivity contribution in [3.05, 3.63) is 40.8 Å². The molecule has 0 saturated carbocycles. The third kappa shape index (κ3) is 2.00. The van der Waals surface area contributed by atoms with Crippen LogP contribution in [0.25, 0.3) is 5.69 Å². The van der Waals surface area contributed by atoms with Crippen LogP contribution in [-0.4, -0.2) is 13.6 Å². The number of nitrogens with zero attached hydrogens (tertiary/aromatic N) is 2. The predicted octanol–water partition coefficient (Wildman–Crippen LogP) is -0.418. The molecule has 2 nitrogen and oxygen atoms in total. The molecule has 0 fully saturated rings. The van der Waals surface area contributed by atoms with E-state index in [2.05, 4.69) is 59.3 Å². The number of aromatic nitrogens is 1. The fraction of sp³-hybridized carbons (Fsp3) is 0.308. The van der Waals surface area contributed by atoms with Crippen LogP contribution in [0.5, 0.6) is 0 Å². The highest BCUT2D eigenvalue weighted by molar-refractivity contribution is 7.09. The zero-order valence-electron chi connectivity index (χ0n) is 9.93. The fourth-order valence-corrected chi connectivity index (χ4v) is 3.32. The average Bonchev–Trinajstić information content (AvgIpc) is 2.74. The number of rotatable bonds is 0. The number of para-hydroxylation sites is 2. The number of anilines is 1. The molecule has 0 saturated heterocycles. The zero-order valence-corrected chi connectivity index (χ0v) is 12.3. The maximum atomic E-state index is 2.35. The molecule has 2 aromatic rings. The summed E-state index contributed by atoms with van der Waals surface area (Å²) < 4.78 is 2.33. The second-order valence-corrected chi connectivity index (χ2v) is 5.31. The van der Waals surface area contributed by atoms with Crippen molar-refractivity contribution in [1.29, 1.82) is 0 Å². The van der Waals surface area contributed by atoms with Gasteiger partial charge in [0.1, 0.15) is 5.69 Å². The molecule has 0 aliphatic carbocycles. The van der Waals surface area contributed by atoms with E-state index in [0.717, 1.165) is 6.54 Å². The molecule has 4 heteroatoms. The van der Waals surface area contributed by atoms with Crippen LogP contribution in [0.15, 0.2) is 35.8 Å². The monoisotopic (exact) mass is 310 g/mol. The molecule has 17 heavy (non-hydrogen) atoms. The quantitative estimate of drug-likeness (QED) is 0.600. The van der Waals surface area contributed by atoms with Crippen LogP contribution in [0.3, 0.4) is 0 Å². The van der Waals surface area contributed by atoms with Crippen molar-refractivity contribution in [2.75, 3.05) is 18.5 Å². The van der Waals surface area contributed by atoms with Gasteiger partial charge < -0.3 is 21.9 Å². The molecule has 0 spiro atoms. The first-order valence-corrected chi connectivity index (χ1v) is 6.45. The first-order chi connectivity index (χ1) is 7.77. The topological polar surface area (TPSA) is 7.12 Å². The number of thiazole rings is 1. The smallest absolute Gasteiger partial charge is 0.247 e. The van der Waals surface area contributed by atoms with E-state index < -0.39 is 0 Å². The van der Waals surface area contributed by atoms with Crippen molar-refractivity contribution in [3.8, 4) is 5.69 Å². The summed E-state index contributed by atoms with van der Waals surface area (Å²) in [6.07, 6.45) is 2.18. The molecule has 1 aliphatic rings. The van der Waals surface area contributed by atoms with Crippen LogP contribution in [0.2, 0.25) is 0 Å². The highest BCUT2D eigenvalue weighted by Crippen LogP contribution is 2.29. The van der Waals surface area contributed by atoms with Gasteiger partial charge in [0, 0.05) is 19.7 Å². The number of likely N-dealkylation sites (N-methyl/N-ethyl adjacent to an activating group) is 1. The van der Waals surface area contributed by atoms with Crippen LogP contribution in [0.4, 0.5) is 5.69 Å². The summed E-state index contributed by atoms with van der Waals surface area (Å²) in [5, 5.41) is 3.62. The Labute approximate surface area is 116 Å². The minimum Gasteiger partial charge on any atom is -1.00 e. The summed E-state index contributed by atoms with van der Waals surface area (Å²) in [7, 11) is 2.17. The lowest BCUT2D eigenvalue weighted by Gasteiger charge is -2.17. The van der Waals surface area contributed by atoms with Gasteiger partial charge in [-0.3, -0.25) is 0 Å². The predicted molar refractivity (Wildman–Crippen MR) is 67.5 cm³/mol. The highest BCUT2D eigenvalue weighted by Gasteiger charge is 2.29. The molecule has 3 rings (SSSR count). The van der Waals surface area contributed by atoms with Gasteiger partial charge in [-0.2, -0.15) is 4.57 Å². The molecule has 1 aromatic carbocycles. The van der Waals surface area contributed by atoms with Gasteiger partial charge in [0.25, 0.3) is 0 Å². The first kappa shape index (κ1) is 12.6. The first-order valence-electron chi connectivity index (χ1n) is 5.57. The molecule has 1 aliphatic heterocycles. The molecule has 0 amide bonds. The molecule has 0 radical (unpaired) electrons. The number of fused-ring (bicyclic) bond motifs is 3. The zero-order chi connectivity index (χ0) is 11.1. The lowest BCUT2D eigenvalue weighted by molar-refractivity contribution is -0.598. The van der Waals surface area contributed by atoms with Crippen molar-refractivity contribution < 1.29 is 21.5 Å². The van der Waals surface area contributed by atoms with E-state index in [-0.39, 0.29) is 17.0 Å². The molecule has 2 heterocycles. The van der Waals surface area contributed by atoms with E-state index in [4.69, 9.17) is 0 Å². The van der Waals surface area contributed by atoms with E-state index in [9.17, 15) is 0 Å². The van der Waals surface area contributed by atoms with Crippen molar-refractivity contribution in [2.24, 2.45) is 0 Å². The Hall–Kier alpha value is -0.870. The second kappa shape index (κ2) is 4.78. The van der Waals surface area contributed by atoms with Gasteiger partial charge in [-0.15, -0.1) is 0 Å². The largest absolute Gasteiger partial charge is 1.00 e. The Bertz CT molecular complexity index is 524. The molecule has 0 N–H and O–H groups in total. The number of halogens is 1. The maximum Gasteiger partial charge on any atom is 0.247 e. The van der Waals surface area contributed by atoms with Crippen molar-refractivity contribution >= 4 is 17.0 Å². The fourth-order valence-electron chi connectivity index (χ4n) is 2.42. The van der Waals surface area contributed by atoms with Gasteiger partial charge in [0.05, 0.1) is 11.3 Å². The minimum atomic E-state index is 0. The Kier molecular flexibility index (Phi) is 3.54. The summed E-state index contributed by atoms with van der Waals surface area (Å²) in [4.78, 5) is 2.35. The van der Waals surface area contributed by atoms with E-state index in [1.807, 2.05) is 11.3 Å².